The molecule has 0 bridgehead atoms. The van der Waals surface area contributed by atoms with Crippen LogP contribution >= 0.6 is 0 Å². The Morgan fingerprint density at radius 3 is 1.94 bits per heavy atom. The molecule has 92 valence electrons. The molecule has 3 nitrogen and oxygen atoms in total. The number of benzene rings is 1. The first-order valence-electron chi connectivity index (χ1n) is 5.56. The Morgan fingerprint density at radius 2 is 1.53 bits per heavy atom. The first kappa shape index (κ1) is 13.4. The Balaban J connectivity index is 2.93. The van der Waals surface area contributed by atoms with Gasteiger partial charge in [-0.05, 0) is 25.0 Å². The average Bonchev–Trinajstić information content (AvgIpc) is 2.21. The average molecular weight is 234 g/mol. The summed E-state index contributed by atoms with van der Waals surface area (Å²) >= 11 is 0. The molecule has 0 atom stereocenters. The molecule has 0 unspecified atom stereocenters. The number of carbonyl (C=O) groups is 2. The summed E-state index contributed by atoms with van der Waals surface area (Å²) in [5, 5.41) is 0. The molecule has 0 heterocycles. The van der Waals surface area contributed by atoms with Crippen LogP contribution < -0.4 is 4.74 Å². The van der Waals surface area contributed by atoms with Crippen LogP contribution in [-0.2, 0) is 9.59 Å². The second kappa shape index (κ2) is 4.70. The number of ketones is 1. The highest BCUT2D eigenvalue weighted by atomic mass is 16.5. The van der Waals surface area contributed by atoms with Crippen LogP contribution in [0.5, 0.6) is 5.75 Å². The van der Waals surface area contributed by atoms with E-state index in [1.54, 1.807) is 20.8 Å². The lowest BCUT2D eigenvalue weighted by Gasteiger charge is -2.16. The maximum atomic E-state index is 11.7. The zero-order valence-electron chi connectivity index (χ0n) is 11.0. The summed E-state index contributed by atoms with van der Waals surface area (Å²) in [5.41, 5.74) is 0.980. The first-order chi connectivity index (χ1) is 7.73. The maximum Gasteiger partial charge on any atom is 0.380 e. The number of rotatable bonds is 2. The molecule has 0 aliphatic carbocycles. The van der Waals surface area contributed by atoms with Crippen LogP contribution in [0.3, 0.4) is 0 Å². The Hall–Kier alpha value is -1.64. The van der Waals surface area contributed by atoms with Gasteiger partial charge in [-0.15, -0.1) is 0 Å². The van der Waals surface area contributed by atoms with Gasteiger partial charge in [-0.1, -0.05) is 39.0 Å². The van der Waals surface area contributed by atoms with Crippen molar-refractivity contribution in [1.29, 1.82) is 0 Å². The molecule has 0 saturated carbocycles. The highest BCUT2D eigenvalue weighted by Gasteiger charge is 2.30. The minimum Gasteiger partial charge on any atom is -0.420 e. The third kappa shape index (κ3) is 3.16. The molecule has 0 spiro atoms. The summed E-state index contributed by atoms with van der Waals surface area (Å²) in [6, 6.07) is 5.57. The van der Waals surface area contributed by atoms with Gasteiger partial charge in [0.05, 0.1) is 0 Å². The predicted octanol–water partition coefficient (Wildman–Crippen LogP) is 2.82. The molecule has 0 N–H and O–H groups in total. The number of carbonyl (C=O) groups excluding carboxylic acids is 2. The topological polar surface area (TPSA) is 43.4 Å². The second-order valence-electron chi connectivity index (χ2n) is 5.19. The van der Waals surface area contributed by atoms with Crippen molar-refractivity contribution in [2.75, 3.05) is 0 Å². The van der Waals surface area contributed by atoms with Gasteiger partial charge in [0.1, 0.15) is 5.75 Å². The van der Waals surface area contributed by atoms with Gasteiger partial charge in [0, 0.05) is 5.41 Å². The Morgan fingerprint density at radius 1 is 1.06 bits per heavy atom. The molecule has 1 aromatic rings. The van der Waals surface area contributed by atoms with Gasteiger partial charge in [0.25, 0.3) is 0 Å². The third-order valence-corrected chi connectivity index (χ3v) is 2.47. The number of aryl methyl sites for hydroxylation is 2. The van der Waals surface area contributed by atoms with Crippen LogP contribution in [0.4, 0.5) is 0 Å². The monoisotopic (exact) mass is 234 g/mol. The maximum absolute atomic E-state index is 11.7. The lowest BCUT2D eigenvalue weighted by Crippen LogP contribution is -2.32. The van der Waals surface area contributed by atoms with Crippen LogP contribution in [-0.4, -0.2) is 11.8 Å². The van der Waals surface area contributed by atoms with Crippen molar-refractivity contribution in [1.82, 2.24) is 0 Å². The molecule has 0 amide bonds. The normalized spacial score (nSPS) is 11.1. The smallest absolute Gasteiger partial charge is 0.380 e. The van der Waals surface area contributed by atoms with E-state index in [1.807, 2.05) is 32.0 Å². The highest BCUT2D eigenvalue weighted by Crippen LogP contribution is 2.24. The number of esters is 1. The quantitative estimate of drug-likeness (QED) is 0.449. The fourth-order valence-corrected chi connectivity index (χ4v) is 1.41. The number of hydrogen-bond donors (Lipinski definition) is 0. The molecule has 0 fully saturated rings. The zero-order valence-corrected chi connectivity index (χ0v) is 11.0. The SMILES string of the molecule is Cc1cccc(C)c1OC(=O)C(=O)C(C)(C)C. The van der Waals surface area contributed by atoms with Crippen molar-refractivity contribution >= 4 is 11.8 Å². The Labute approximate surface area is 102 Å². The van der Waals surface area contributed by atoms with Crippen molar-refractivity contribution in [2.45, 2.75) is 34.6 Å². The predicted molar refractivity (Wildman–Crippen MR) is 66.0 cm³/mol. The summed E-state index contributed by atoms with van der Waals surface area (Å²) in [7, 11) is 0. The van der Waals surface area contributed by atoms with Crippen LogP contribution in [0, 0.1) is 19.3 Å². The van der Waals surface area contributed by atoms with E-state index in [2.05, 4.69) is 0 Å². The molecule has 3 heteroatoms. The first-order valence-corrected chi connectivity index (χ1v) is 5.56. The summed E-state index contributed by atoms with van der Waals surface area (Å²) in [4.78, 5) is 23.4. The standard InChI is InChI=1S/C14H18O3/c1-9-7-6-8-10(2)11(9)17-13(16)12(15)14(3,4)5/h6-8H,1-5H3. The van der Waals surface area contributed by atoms with Crippen molar-refractivity contribution in [3.05, 3.63) is 29.3 Å². The van der Waals surface area contributed by atoms with Gasteiger partial charge in [-0.2, -0.15) is 0 Å². The second-order valence-corrected chi connectivity index (χ2v) is 5.19. The number of hydrogen-bond acceptors (Lipinski definition) is 3. The largest absolute Gasteiger partial charge is 0.420 e. The molecule has 0 aliphatic rings. The van der Waals surface area contributed by atoms with Crippen LogP contribution in [0.1, 0.15) is 31.9 Å². The molecular weight excluding hydrogens is 216 g/mol. The van der Waals surface area contributed by atoms with Gasteiger partial charge >= 0.3 is 5.97 Å². The molecule has 1 aromatic carbocycles. The van der Waals surface area contributed by atoms with Gasteiger partial charge < -0.3 is 4.74 Å². The van der Waals surface area contributed by atoms with Crippen molar-refractivity contribution in [3.8, 4) is 5.75 Å². The molecule has 0 aromatic heterocycles. The van der Waals surface area contributed by atoms with Crippen molar-refractivity contribution < 1.29 is 14.3 Å². The Bertz CT molecular complexity index is 433. The molecule has 0 saturated heterocycles. The number of para-hydroxylation sites is 1. The van der Waals surface area contributed by atoms with Crippen molar-refractivity contribution in [2.24, 2.45) is 5.41 Å². The zero-order chi connectivity index (χ0) is 13.2. The van der Waals surface area contributed by atoms with Crippen LogP contribution in [0.25, 0.3) is 0 Å². The van der Waals surface area contributed by atoms with Gasteiger partial charge in [-0.25, -0.2) is 4.79 Å². The lowest BCUT2D eigenvalue weighted by atomic mass is 9.91. The molecule has 17 heavy (non-hydrogen) atoms. The fraction of sp³-hybridized carbons (Fsp3) is 0.429. The van der Waals surface area contributed by atoms with E-state index in [9.17, 15) is 9.59 Å². The summed E-state index contributed by atoms with van der Waals surface area (Å²) in [6.45, 7) is 8.78. The van der Waals surface area contributed by atoms with Gasteiger partial charge in [-0.3, -0.25) is 4.79 Å². The number of ether oxygens (including phenoxy) is 1. The van der Waals surface area contributed by atoms with Crippen LogP contribution in [0.15, 0.2) is 18.2 Å². The summed E-state index contributed by atoms with van der Waals surface area (Å²) < 4.78 is 5.18. The lowest BCUT2D eigenvalue weighted by molar-refractivity contribution is -0.151. The third-order valence-electron chi connectivity index (χ3n) is 2.47. The summed E-state index contributed by atoms with van der Waals surface area (Å²) in [5.74, 6) is -0.829. The van der Waals surface area contributed by atoms with Gasteiger partial charge in [0.2, 0.25) is 5.78 Å². The van der Waals surface area contributed by atoms with E-state index in [0.717, 1.165) is 11.1 Å². The Kier molecular flexibility index (Phi) is 3.71. The van der Waals surface area contributed by atoms with E-state index < -0.39 is 17.2 Å². The van der Waals surface area contributed by atoms with E-state index in [0.29, 0.717) is 5.75 Å². The van der Waals surface area contributed by atoms with E-state index in [-0.39, 0.29) is 0 Å². The van der Waals surface area contributed by atoms with E-state index in [4.69, 9.17) is 4.74 Å². The van der Waals surface area contributed by atoms with Crippen molar-refractivity contribution in [3.63, 3.8) is 0 Å². The minimum atomic E-state index is -0.796. The molecular formula is C14H18O3. The van der Waals surface area contributed by atoms with Crippen LogP contribution in [0.2, 0.25) is 0 Å². The molecule has 1 rings (SSSR count). The summed E-state index contributed by atoms with van der Waals surface area (Å²) in [6.07, 6.45) is 0. The molecule has 0 radical (unpaired) electrons. The van der Waals surface area contributed by atoms with E-state index >= 15 is 0 Å². The minimum absolute atomic E-state index is 0.482. The number of Topliss-reactive ketones (excluding diaryl/α,β-unsaturated/α-hetero) is 1. The molecule has 0 aliphatic heterocycles. The highest BCUT2D eigenvalue weighted by molar-refractivity contribution is 6.36. The van der Waals surface area contributed by atoms with Gasteiger partial charge in [0.15, 0.2) is 0 Å². The fourth-order valence-electron chi connectivity index (χ4n) is 1.41. The van der Waals surface area contributed by atoms with E-state index in [1.165, 1.54) is 0 Å².